The van der Waals surface area contributed by atoms with Crippen LogP contribution in [0.25, 0.3) is 0 Å². The van der Waals surface area contributed by atoms with Crippen LogP contribution < -0.4 is 10.5 Å². The Bertz CT molecular complexity index is 381. The number of hydrogen-bond acceptors (Lipinski definition) is 3. The fraction of sp³-hybridized carbons (Fsp3) is 0.667. The van der Waals surface area contributed by atoms with Gasteiger partial charge in [0, 0.05) is 18.2 Å². The van der Waals surface area contributed by atoms with Gasteiger partial charge in [-0.05, 0) is 43.7 Å². The van der Waals surface area contributed by atoms with Gasteiger partial charge in [0.15, 0.2) is 0 Å². The zero-order valence-corrected chi connectivity index (χ0v) is 11.4. The van der Waals surface area contributed by atoms with E-state index in [4.69, 9.17) is 10.5 Å². The van der Waals surface area contributed by atoms with E-state index in [9.17, 15) is 0 Å². The number of hydrogen-bond donors (Lipinski definition) is 1. The Labute approximate surface area is 110 Å². The van der Waals surface area contributed by atoms with Crippen LogP contribution in [0.4, 0.5) is 0 Å². The van der Waals surface area contributed by atoms with Crippen molar-refractivity contribution in [3.63, 3.8) is 0 Å². The molecule has 0 spiro atoms. The third-order valence-electron chi connectivity index (χ3n) is 4.06. The maximum absolute atomic E-state index is 6.28. The number of ether oxygens (including phenoxy) is 1. The molecule has 1 aliphatic carbocycles. The van der Waals surface area contributed by atoms with Gasteiger partial charge >= 0.3 is 0 Å². The van der Waals surface area contributed by atoms with Crippen molar-refractivity contribution in [3.8, 4) is 5.75 Å². The monoisotopic (exact) mass is 248 g/mol. The Hall–Kier alpha value is -1.09. The van der Waals surface area contributed by atoms with Crippen molar-refractivity contribution in [1.29, 1.82) is 0 Å². The highest BCUT2D eigenvalue weighted by atomic mass is 16.5. The number of nitrogens with two attached hydrogens (primary N) is 1. The maximum Gasteiger partial charge on any atom is 0.137 e. The molecule has 18 heavy (non-hydrogen) atoms. The van der Waals surface area contributed by atoms with Gasteiger partial charge in [-0.2, -0.15) is 0 Å². The van der Waals surface area contributed by atoms with Gasteiger partial charge in [-0.25, -0.2) is 0 Å². The molecule has 2 N–H and O–H groups in total. The molecule has 3 heteroatoms. The van der Waals surface area contributed by atoms with Gasteiger partial charge in [0.25, 0.3) is 0 Å². The first-order valence-electron chi connectivity index (χ1n) is 7.07. The molecule has 1 saturated carbocycles. The standard InChI is InChI=1S/C15H24N2O/c1-3-11-5-6-15(16)14(7-11)12-8-13(18-4-2)10-17-9-12/h8-11,14-15H,3-7,16H2,1-2H3. The Morgan fingerprint density at radius 2 is 2.17 bits per heavy atom. The van der Waals surface area contributed by atoms with Crippen molar-refractivity contribution in [2.75, 3.05) is 6.61 Å². The predicted molar refractivity (Wildman–Crippen MR) is 73.8 cm³/mol. The van der Waals surface area contributed by atoms with Crippen LogP contribution in [0.2, 0.25) is 0 Å². The van der Waals surface area contributed by atoms with Crippen molar-refractivity contribution in [1.82, 2.24) is 4.98 Å². The molecular weight excluding hydrogens is 224 g/mol. The number of aromatic nitrogens is 1. The summed E-state index contributed by atoms with van der Waals surface area (Å²) in [6, 6.07) is 2.38. The summed E-state index contributed by atoms with van der Waals surface area (Å²) in [5.74, 6) is 2.11. The molecule has 3 unspecified atom stereocenters. The van der Waals surface area contributed by atoms with Crippen molar-refractivity contribution in [2.45, 2.75) is 51.5 Å². The summed E-state index contributed by atoms with van der Waals surface area (Å²) in [6.45, 7) is 4.94. The lowest BCUT2D eigenvalue weighted by Crippen LogP contribution is -2.34. The minimum atomic E-state index is 0.270. The van der Waals surface area contributed by atoms with Crippen LogP contribution in [0.1, 0.15) is 51.0 Å². The first-order valence-corrected chi connectivity index (χ1v) is 7.07. The molecule has 0 amide bonds. The molecule has 0 bridgehead atoms. The van der Waals surface area contributed by atoms with Crippen molar-refractivity contribution in [3.05, 3.63) is 24.0 Å². The zero-order chi connectivity index (χ0) is 13.0. The molecule has 3 nitrogen and oxygen atoms in total. The summed E-state index contributed by atoms with van der Waals surface area (Å²) in [7, 11) is 0. The highest BCUT2D eigenvalue weighted by molar-refractivity contribution is 5.28. The number of pyridine rings is 1. The molecule has 3 atom stereocenters. The van der Waals surface area contributed by atoms with Crippen LogP contribution in [-0.4, -0.2) is 17.6 Å². The van der Waals surface area contributed by atoms with Crippen LogP contribution in [0.15, 0.2) is 18.5 Å². The van der Waals surface area contributed by atoms with E-state index in [0.717, 1.165) is 18.1 Å². The Kier molecular flexibility index (Phi) is 4.59. The zero-order valence-electron chi connectivity index (χ0n) is 11.4. The summed E-state index contributed by atoms with van der Waals surface area (Å²) in [6.07, 6.45) is 8.56. The molecule has 1 aromatic heterocycles. The Balaban J connectivity index is 2.15. The molecule has 1 aromatic rings. The first kappa shape index (κ1) is 13.3. The maximum atomic E-state index is 6.28. The van der Waals surface area contributed by atoms with Gasteiger partial charge in [-0.15, -0.1) is 0 Å². The fourth-order valence-electron chi connectivity index (χ4n) is 2.92. The van der Waals surface area contributed by atoms with Gasteiger partial charge in [0.2, 0.25) is 0 Å². The van der Waals surface area contributed by atoms with Crippen LogP contribution in [0.3, 0.4) is 0 Å². The van der Waals surface area contributed by atoms with E-state index >= 15 is 0 Å². The Morgan fingerprint density at radius 1 is 1.33 bits per heavy atom. The summed E-state index contributed by atoms with van der Waals surface area (Å²) in [4.78, 5) is 4.28. The number of rotatable bonds is 4. The first-order chi connectivity index (χ1) is 8.74. The van der Waals surface area contributed by atoms with Gasteiger partial charge in [-0.3, -0.25) is 4.98 Å². The molecule has 1 fully saturated rings. The molecule has 1 heterocycles. The lowest BCUT2D eigenvalue weighted by molar-refractivity contribution is 0.281. The van der Waals surface area contributed by atoms with E-state index < -0.39 is 0 Å². The molecule has 100 valence electrons. The SMILES string of the molecule is CCOc1cncc(C2CC(CC)CCC2N)c1. The lowest BCUT2D eigenvalue weighted by Gasteiger charge is -2.34. The quantitative estimate of drug-likeness (QED) is 0.890. The Morgan fingerprint density at radius 3 is 2.89 bits per heavy atom. The van der Waals surface area contributed by atoms with Gasteiger partial charge in [0.05, 0.1) is 12.8 Å². The molecule has 0 saturated heterocycles. The molecule has 1 aliphatic rings. The summed E-state index contributed by atoms with van der Waals surface area (Å²) < 4.78 is 5.52. The smallest absolute Gasteiger partial charge is 0.137 e. The highest BCUT2D eigenvalue weighted by Gasteiger charge is 2.28. The topological polar surface area (TPSA) is 48.1 Å². The minimum Gasteiger partial charge on any atom is -0.492 e. The van der Waals surface area contributed by atoms with Gasteiger partial charge in [-0.1, -0.05) is 13.3 Å². The molecule has 0 aromatic carbocycles. The van der Waals surface area contributed by atoms with E-state index in [1.165, 1.54) is 24.8 Å². The van der Waals surface area contributed by atoms with E-state index in [0.29, 0.717) is 12.5 Å². The summed E-state index contributed by atoms with van der Waals surface area (Å²) in [5.41, 5.74) is 7.53. The second-order valence-corrected chi connectivity index (χ2v) is 5.24. The average Bonchev–Trinajstić information content (AvgIpc) is 2.40. The van der Waals surface area contributed by atoms with Crippen LogP contribution in [0.5, 0.6) is 5.75 Å². The second-order valence-electron chi connectivity index (χ2n) is 5.24. The summed E-state index contributed by atoms with van der Waals surface area (Å²) >= 11 is 0. The van der Waals surface area contributed by atoms with E-state index in [2.05, 4.69) is 18.0 Å². The third kappa shape index (κ3) is 3.02. The van der Waals surface area contributed by atoms with Gasteiger partial charge < -0.3 is 10.5 Å². The molecule has 2 rings (SSSR count). The summed E-state index contributed by atoms with van der Waals surface area (Å²) in [5, 5.41) is 0. The third-order valence-corrected chi connectivity index (χ3v) is 4.06. The van der Waals surface area contributed by atoms with Crippen molar-refractivity contribution < 1.29 is 4.74 Å². The van der Waals surface area contributed by atoms with E-state index in [-0.39, 0.29) is 6.04 Å². The highest BCUT2D eigenvalue weighted by Crippen LogP contribution is 2.37. The van der Waals surface area contributed by atoms with Crippen LogP contribution in [0, 0.1) is 5.92 Å². The van der Waals surface area contributed by atoms with Crippen molar-refractivity contribution in [2.24, 2.45) is 11.7 Å². The molecule has 0 aliphatic heterocycles. The van der Waals surface area contributed by atoms with Crippen LogP contribution >= 0.6 is 0 Å². The molecule has 0 radical (unpaired) electrons. The second kappa shape index (κ2) is 6.19. The van der Waals surface area contributed by atoms with Crippen LogP contribution in [-0.2, 0) is 0 Å². The largest absolute Gasteiger partial charge is 0.492 e. The van der Waals surface area contributed by atoms with E-state index in [1.54, 1.807) is 6.20 Å². The molecular formula is C15H24N2O. The number of nitrogens with zero attached hydrogens (tertiary/aromatic N) is 1. The lowest BCUT2D eigenvalue weighted by atomic mass is 9.74. The minimum absolute atomic E-state index is 0.270. The van der Waals surface area contributed by atoms with Crippen molar-refractivity contribution >= 4 is 0 Å². The fourth-order valence-corrected chi connectivity index (χ4v) is 2.92. The average molecular weight is 248 g/mol. The predicted octanol–water partition coefficient (Wildman–Crippen LogP) is 3.10. The normalized spacial score (nSPS) is 28.1. The van der Waals surface area contributed by atoms with E-state index in [1.807, 2.05) is 13.1 Å². The van der Waals surface area contributed by atoms with Gasteiger partial charge in [0.1, 0.15) is 5.75 Å².